The van der Waals surface area contributed by atoms with Crippen LogP contribution in [0.1, 0.15) is 25.0 Å². The molecule has 1 aromatic heterocycles. The van der Waals surface area contributed by atoms with Crippen molar-refractivity contribution in [1.82, 2.24) is 9.97 Å². The van der Waals surface area contributed by atoms with Gasteiger partial charge in [0.05, 0.1) is 17.4 Å². The number of aromatic nitrogens is 2. The number of amides is 2. The quantitative estimate of drug-likeness (QED) is 0.671. The molecule has 0 spiro atoms. The van der Waals surface area contributed by atoms with Gasteiger partial charge in [-0.1, -0.05) is 32.0 Å². The Bertz CT molecular complexity index is 816. The molecule has 0 aliphatic rings. The van der Waals surface area contributed by atoms with Crippen LogP contribution in [0.15, 0.2) is 42.7 Å². The number of nitrogens with one attached hydrogen (secondary N) is 3. The fraction of sp³-hybridized carbons (Fsp3) is 0.222. The highest BCUT2D eigenvalue weighted by atomic mass is 16.2. The smallest absolute Gasteiger partial charge is 0.323 e. The zero-order valence-corrected chi connectivity index (χ0v) is 13.3. The molecule has 0 aliphatic heterocycles. The molecule has 3 rings (SSSR count). The maximum atomic E-state index is 12.3. The summed E-state index contributed by atoms with van der Waals surface area (Å²) in [4.78, 5) is 19.5. The first-order valence-corrected chi connectivity index (χ1v) is 7.83. The van der Waals surface area contributed by atoms with Crippen LogP contribution in [0, 0.1) is 0 Å². The third kappa shape index (κ3) is 3.18. The lowest BCUT2D eigenvalue weighted by atomic mass is 10.0. The lowest BCUT2D eigenvalue weighted by Crippen LogP contribution is -2.21. The van der Waals surface area contributed by atoms with Gasteiger partial charge < -0.3 is 15.6 Å². The highest BCUT2D eigenvalue weighted by Crippen LogP contribution is 2.23. The standard InChI is InChI=1S/C18H20N4O/c1-3-12-6-5-7-13(4-2)17(12)22-18(23)21-14-8-9-15-16(10-14)20-11-19-15/h5-11H,3-4H2,1-2H3,(H,19,20)(H2,21,22,23). The van der Waals surface area contributed by atoms with Gasteiger partial charge in [0.1, 0.15) is 0 Å². The van der Waals surface area contributed by atoms with E-state index < -0.39 is 0 Å². The van der Waals surface area contributed by atoms with E-state index in [1.807, 2.05) is 36.4 Å². The van der Waals surface area contributed by atoms with Gasteiger partial charge in [-0.2, -0.15) is 0 Å². The minimum absolute atomic E-state index is 0.237. The topological polar surface area (TPSA) is 69.8 Å². The van der Waals surface area contributed by atoms with Crippen molar-refractivity contribution in [2.24, 2.45) is 0 Å². The van der Waals surface area contributed by atoms with Gasteiger partial charge in [-0.15, -0.1) is 0 Å². The molecule has 3 N–H and O–H groups in total. The highest BCUT2D eigenvalue weighted by molar-refractivity contribution is 6.01. The van der Waals surface area contributed by atoms with Gasteiger partial charge >= 0.3 is 6.03 Å². The fourth-order valence-electron chi connectivity index (χ4n) is 2.69. The molecule has 2 amide bonds. The maximum Gasteiger partial charge on any atom is 0.323 e. The van der Waals surface area contributed by atoms with Crippen molar-refractivity contribution in [2.75, 3.05) is 10.6 Å². The van der Waals surface area contributed by atoms with Crippen LogP contribution < -0.4 is 10.6 Å². The monoisotopic (exact) mass is 308 g/mol. The van der Waals surface area contributed by atoms with Gasteiger partial charge in [-0.3, -0.25) is 0 Å². The molecule has 2 aromatic carbocycles. The summed E-state index contributed by atoms with van der Waals surface area (Å²) >= 11 is 0. The number of nitrogens with zero attached hydrogens (tertiary/aromatic N) is 1. The van der Waals surface area contributed by atoms with E-state index in [0.29, 0.717) is 0 Å². The minimum Gasteiger partial charge on any atom is -0.345 e. The van der Waals surface area contributed by atoms with E-state index >= 15 is 0 Å². The number of para-hydroxylation sites is 1. The second kappa shape index (κ2) is 6.52. The number of anilines is 2. The van der Waals surface area contributed by atoms with Gasteiger partial charge in [0, 0.05) is 11.4 Å². The number of H-pyrrole nitrogens is 1. The van der Waals surface area contributed by atoms with Gasteiger partial charge in [0.2, 0.25) is 0 Å². The van der Waals surface area contributed by atoms with Gasteiger partial charge in [-0.25, -0.2) is 9.78 Å². The SMILES string of the molecule is CCc1cccc(CC)c1NC(=O)Nc1ccc2nc[nH]c2c1. The van der Waals surface area contributed by atoms with Crippen LogP contribution in [0.5, 0.6) is 0 Å². The highest BCUT2D eigenvalue weighted by Gasteiger charge is 2.10. The van der Waals surface area contributed by atoms with Crippen LogP contribution in [0.4, 0.5) is 16.2 Å². The van der Waals surface area contributed by atoms with Crippen LogP contribution in [0.3, 0.4) is 0 Å². The molecule has 3 aromatic rings. The summed E-state index contributed by atoms with van der Waals surface area (Å²) in [6.07, 6.45) is 3.40. The van der Waals surface area contributed by atoms with Crippen molar-refractivity contribution in [3.05, 3.63) is 53.9 Å². The van der Waals surface area contributed by atoms with E-state index in [2.05, 4.69) is 34.4 Å². The second-order valence-electron chi connectivity index (χ2n) is 5.37. The lowest BCUT2D eigenvalue weighted by Gasteiger charge is -2.15. The lowest BCUT2D eigenvalue weighted by molar-refractivity contribution is 0.262. The number of aromatic amines is 1. The van der Waals surface area contributed by atoms with E-state index in [1.54, 1.807) is 6.33 Å². The number of carbonyl (C=O) groups is 1. The number of rotatable bonds is 4. The first-order chi connectivity index (χ1) is 11.2. The molecule has 118 valence electrons. The molecule has 0 saturated carbocycles. The second-order valence-corrected chi connectivity index (χ2v) is 5.37. The maximum absolute atomic E-state index is 12.3. The predicted octanol–water partition coefficient (Wildman–Crippen LogP) is 4.33. The summed E-state index contributed by atoms with van der Waals surface area (Å²) in [5.74, 6) is 0. The molecule has 0 unspecified atom stereocenters. The summed E-state index contributed by atoms with van der Waals surface area (Å²) in [5, 5.41) is 5.87. The molecule has 0 atom stereocenters. The van der Waals surface area contributed by atoms with Crippen LogP contribution in [0.25, 0.3) is 11.0 Å². The minimum atomic E-state index is -0.237. The zero-order valence-electron chi connectivity index (χ0n) is 13.3. The third-order valence-electron chi connectivity index (χ3n) is 3.92. The summed E-state index contributed by atoms with van der Waals surface area (Å²) in [5.41, 5.74) is 5.70. The van der Waals surface area contributed by atoms with E-state index in [0.717, 1.165) is 46.4 Å². The Balaban J connectivity index is 1.79. The van der Waals surface area contributed by atoms with Crippen LogP contribution in [0.2, 0.25) is 0 Å². The first kappa shape index (κ1) is 15.1. The molecule has 23 heavy (non-hydrogen) atoms. The molecule has 0 fully saturated rings. The van der Waals surface area contributed by atoms with Crippen molar-refractivity contribution in [1.29, 1.82) is 0 Å². The van der Waals surface area contributed by atoms with Crippen molar-refractivity contribution in [3.8, 4) is 0 Å². The van der Waals surface area contributed by atoms with Crippen LogP contribution >= 0.6 is 0 Å². The molecule has 1 heterocycles. The Morgan fingerprint density at radius 3 is 2.52 bits per heavy atom. The Morgan fingerprint density at radius 2 is 1.83 bits per heavy atom. The number of benzene rings is 2. The zero-order chi connectivity index (χ0) is 16.2. The van der Waals surface area contributed by atoms with Gasteiger partial charge in [0.25, 0.3) is 0 Å². The third-order valence-corrected chi connectivity index (χ3v) is 3.92. The molecular formula is C18H20N4O. The summed E-state index contributed by atoms with van der Waals surface area (Å²) in [7, 11) is 0. The van der Waals surface area contributed by atoms with Crippen LogP contribution in [-0.4, -0.2) is 16.0 Å². The number of aryl methyl sites for hydroxylation is 2. The average Bonchev–Trinajstić information content (AvgIpc) is 3.02. The van der Waals surface area contributed by atoms with E-state index in [1.165, 1.54) is 0 Å². The molecule has 0 aliphatic carbocycles. The summed E-state index contributed by atoms with van der Waals surface area (Å²) < 4.78 is 0. The Hall–Kier alpha value is -2.82. The van der Waals surface area contributed by atoms with Gasteiger partial charge in [0.15, 0.2) is 0 Å². The number of urea groups is 1. The molecule has 5 heteroatoms. The van der Waals surface area contributed by atoms with Crippen molar-refractivity contribution < 1.29 is 4.79 Å². The van der Waals surface area contributed by atoms with Crippen molar-refractivity contribution in [3.63, 3.8) is 0 Å². The molecule has 0 radical (unpaired) electrons. The number of hydrogen-bond donors (Lipinski definition) is 3. The Kier molecular flexibility index (Phi) is 4.28. The number of fused-ring (bicyclic) bond motifs is 1. The average molecular weight is 308 g/mol. The predicted molar refractivity (Wildman–Crippen MR) is 93.9 cm³/mol. The molecule has 0 bridgehead atoms. The van der Waals surface area contributed by atoms with Crippen molar-refractivity contribution in [2.45, 2.75) is 26.7 Å². The number of carbonyl (C=O) groups excluding carboxylic acids is 1. The molecule has 0 saturated heterocycles. The van der Waals surface area contributed by atoms with E-state index in [9.17, 15) is 4.79 Å². The normalized spacial score (nSPS) is 10.7. The number of imidazole rings is 1. The molecule has 5 nitrogen and oxygen atoms in total. The number of hydrogen-bond acceptors (Lipinski definition) is 2. The fourth-order valence-corrected chi connectivity index (χ4v) is 2.69. The van der Waals surface area contributed by atoms with Crippen LogP contribution in [-0.2, 0) is 12.8 Å². The Morgan fingerprint density at radius 1 is 1.09 bits per heavy atom. The largest absolute Gasteiger partial charge is 0.345 e. The van der Waals surface area contributed by atoms with E-state index in [4.69, 9.17) is 0 Å². The summed E-state index contributed by atoms with van der Waals surface area (Å²) in [6, 6.07) is 11.5. The van der Waals surface area contributed by atoms with Gasteiger partial charge in [-0.05, 0) is 42.2 Å². The molecular weight excluding hydrogens is 288 g/mol. The van der Waals surface area contributed by atoms with Crippen molar-refractivity contribution >= 4 is 28.4 Å². The first-order valence-electron chi connectivity index (χ1n) is 7.83. The summed E-state index contributed by atoms with van der Waals surface area (Å²) in [6.45, 7) is 4.17. The Labute approximate surface area is 135 Å². The van der Waals surface area contributed by atoms with E-state index in [-0.39, 0.29) is 6.03 Å².